The van der Waals surface area contributed by atoms with Crippen LogP contribution in [0.15, 0.2) is 0 Å². The number of nitrogens with zero attached hydrogens (tertiary/aromatic N) is 1. The zero-order valence-electron chi connectivity index (χ0n) is 11.6. The van der Waals surface area contributed by atoms with Crippen LogP contribution in [0.4, 0.5) is 4.79 Å². The highest BCUT2D eigenvalue weighted by atomic mass is 16.5. The van der Waals surface area contributed by atoms with Gasteiger partial charge in [0.2, 0.25) is 0 Å². The van der Waals surface area contributed by atoms with Crippen LogP contribution in [0.25, 0.3) is 0 Å². The Morgan fingerprint density at radius 3 is 2.58 bits per heavy atom. The summed E-state index contributed by atoms with van der Waals surface area (Å²) in [6, 6.07) is -0.0468. The lowest BCUT2D eigenvalue weighted by atomic mass is 9.98. The average Bonchev–Trinajstić information content (AvgIpc) is 2.46. The number of piperidine rings is 1. The lowest BCUT2D eigenvalue weighted by molar-refractivity contribution is -0.140. The lowest BCUT2D eigenvalue weighted by Crippen LogP contribution is -2.45. The first-order valence-electron chi connectivity index (χ1n) is 6.87. The van der Waals surface area contributed by atoms with Crippen molar-refractivity contribution in [2.24, 2.45) is 5.92 Å². The number of hydrogen-bond donors (Lipinski definition) is 2. The number of methoxy groups -OCH3 is 1. The van der Waals surface area contributed by atoms with E-state index in [-0.39, 0.29) is 18.6 Å². The molecule has 0 saturated carbocycles. The molecule has 0 aromatic rings. The molecule has 0 atom stereocenters. The van der Waals surface area contributed by atoms with Gasteiger partial charge in [-0.1, -0.05) is 0 Å². The molecule has 0 bridgehead atoms. The second-order valence-corrected chi connectivity index (χ2v) is 4.88. The van der Waals surface area contributed by atoms with Crippen LogP contribution in [0.2, 0.25) is 0 Å². The third-order valence-electron chi connectivity index (χ3n) is 3.47. The van der Waals surface area contributed by atoms with Gasteiger partial charge in [-0.25, -0.2) is 4.79 Å². The van der Waals surface area contributed by atoms with Crippen molar-refractivity contribution in [2.45, 2.75) is 32.1 Å². The molecule has 19 heavy (non-hydrogen) atoms. The van der Waals surface area contributed by atoms with E-state index in [0.717, 1.165) is 25.7 Å². The maximum absolute atomic E-state index is 11.8. The van der Waals surface area contributed by atoms with Crippen molar-refractivity contribution in [2.75, 3.05) is 33.4 Å². The van der Waals surface area contributed by atoms with E-state index in [2.05, 4.69) is 10.1 Å². The van der Waals surface area contributed by atoms with E-state index in [4.69, 9.17) is 5.11 Å². The van der Waals surface area contributed by atoms with Gasteiger partial charge in [-0.15, -0.1) is 0 Å². The summed E-state index contributed by atoms with van der Waals surface area (Å²) in [6.45, 7) is 2.21. The number of esters is 1. The van der Waals surface area contributed by atoms with Crippen LogP contribution < -0.4 is 5.32 Å². The molecular weight excluding hydrogens is 248 g/mol. The van der Waals surface area contributed by atoms with Crippen molar-refractivity contribution >= 4 is 12.0 Å². The molecule has 0 aromatic heterocycles. The highest BCUT2D eigenvalue weighted by Crippen LogP contribution is 2.16. The van der Waals surface area contributed by atoms with Crippen LogP contribution in [0.3, 0.4) is 0 Å². The first-order chi connectivity index (χ1) is 9.17. The number of carbonyl (C=O) groups is 2. The van der Waals surface area contributed by atoms with E-state index in [9.17, 15) is 9.59 Å². The third kappa shape index (κ3) is 5.92. The van der Waals surface area contributed by atoms with Crippen LogP contribution in [-0.4, -0.2) is 55.4 Å². The van der Waals surface area contributed by atoms with Gasteiger partial charge >= 0.3 is 12.0 Å². The molecule has 0 spiro atoms. The lowest BCUT2D eigenvalue weighted by Gasteiger charge is -2.31. The van der Waals surface area contributed by atoms with E-state index in [1.807, 2.05) is 0 Å². The minimum absolute atomic E-state index is 0.0468. The molecule has 1 rings (SSSR count). The molecule has 6 heteroatoms. The highest BCUT2D eigenvalue weighted by Gasteiger charge is 2.21. The first kappa shape index (κ1) is 15.8. The molecule has 0 aliphatic carbocycles. The number of aliphatic hydroxyl groups excluding tert-OH is 1. The second-order valence-electron chi connectivity index (χ2n) is 4.88. The Bertz CT molecular complexity index is 288. The number of nitrogens with one attached hydrogen (secondary N) is 1. The van der Waals surface area contributed by atoms with Gasteiger partial charge in [-0.2, -0.15) is 0 Å². The molecule has 1 saturated heterocycles. The van der Waals surface area contributed by atoms with E-state index in [1.165, 1.54) is 7.11 Å². The Kier molecular flexibility index (Phi) is 7.25. The van der Waals surface area contributed by atoms with E-state index in [0.29, 0.717) is 32.0 Å². The normalized spacial score (nSPS) is 16.2. The molecule has 2 N–H and O–H groups in total. The van der Waals surface area contributed by atoms with Gasteiger partial charge in [-0.3, -0.25) is 4.79 Å². The summed E-state index contributed by atoms with van der Waals surface area (Å²) in [5.74, 6) is 0.126. The Hall–Kier alpha value is -1.30. The Balaban J connectivity index is 2.06. The highest BCUT2D eigenvalue weighted by molar-refractivity contribution is 5.74. The number of unbranched alkanes of at least 4 members (excludes halogenated alkanes) is 1. The quantitative estimate of drug-likeness (QED) is 0.552. The van der Waals surface area contributed by atoms with Gasteiger partial charge < -0.3 is 20.1 Å². The molecule has 1 fully saturated rings. The van der Waals surface area contributed by atoms with Crippen LogP contribution >= 0.6 is 0 Å². The average molecular weight is 272 g/mol. The third-order valence-corrected chi connectivity index (χ3v) is 3.47. The number of urea groups is 1. The molecule has 1 aliphatic rings. The first-order valence-corrected chi connectivity index (χ1v) is 6.87. The molecule has 1 heterocycles. The van der Waals surface area contributed by atoms with Crippen molar-refractivity contribution in [1.29, 1.82) is 0 Å². The van der Waals surface area contributed by atoms with Gasteiger partial charge in [0.1, 0.15) is 0 Å². The number of carbonyl (C=O) groups excluding carboxylic acids is 2. The fraction of sp³-hybridized carbons (Fsp3) is 0.846. The fourth-order valence-corrected chi connectivity index (χ4v) is 2.12. The Labute approximate surface area is 114 Å². The molecule has 110 valence electrons. The van der Waals surface area contributed by atoms with Crippen molar-refractivity contribution in [3.8, 4) is 0 Å². The molecular formula is C13H24N2O4. The largest absolute Gasteiger partial charge is 0.469 e. The molecule has 2 amide bonds. The number of ether oxygens (including phenoxy) is 1. The van der Waals surface area contributed by atoms with Crippen LogP contribution in [-0.2, 0) is 9.53 Å². The fourth-order valence-electron chi connectivity index (χ4n) is 2.12. The number of likely N-dealkylation sites (tertiary alicyclic amines) is 1. The number of amides is 2. The van der Waals surface area contributed by atoms with Gasteiger partial charge in [0.05, 0.1) is 7.11 Å². The van der Waals surface area contributed by atoms with Crippen molar-refractivity contribution < 1.29 is 19.4 Å². The van der Waals surface area contributed by atoms with E-state index in [1.54, 1.807) is 4.90 Å². The maximum Gasteiger partial charge on any atom is 0.317 e. The summed E-state index contributed by atoms with van der Waals surface area (Å²) >= 11 is 0. The van der Waals surface area contributed by atoms with Crippen molar-refractivity contribution in [3.05, 3.63) is 0 Å². The summed E-state index contributed by atoms with van der Waals surface area (Å²) < 4.78 is 4.54. The number of rotatable bonds is 6. The minimum atomic E-state index is -0.211. The van der Waals surface area contributed by atoms with Crippen LogP contribution in [0.5, 0.6) is 0 Å². The zero-order chi connectivity index (χ0) is 14.1. The summed E-state index contributed by atoms with van der Waals surface area (Å²) in [7, 11) is 1.38. The summed E-state index contributed by atoms with van der Waals surface area (Å²) in [5.41, 5.74) is 0. The molecule has 0 radical (unpaired) electrons. The summed E-state index contributed by atoms with van der Waals surface area (Å²) in [4.78, 5) is 24.5. The Morgan fingerprint density at radius 1 is 1.32 bits per heavy atom. The van der Waals surface area contributed by atoms with Gasteiger partial charge in [-0.05, 0) is 31.6 Å². The van der Waals surface area contributed by atoms with E-state index < -0.39 is 0 Å². The smallest absolute Gasteiger partial charge is 0.317 e. The zero-order valence-corrected chi connectivity index (χ0v) is 11.6. The van der Waals surface area contributed by atoms with E-state index >= 15 is 0 Å². The minimum Gasteiger partial charge on any atom is -0.469 e. The molecule has 6 nitrogen and oxygen atoms in total. The maximum atomic E-state index is 11.8. The standard InChI is InChI=1S/C13H24N2O4/c1-19-12(17)4-2-3-7-14-13(18)15-8-5-11(10-16)6-9-15/h11,16H,2-10H2,1H3,(H,14,18). The van der Waals surface area contributed by atoms with Gasteiger partial charge in [0.25, 0.3) is 0 Å². The number of aliphatic hydroxyl groups is 1. The van der Waals surface area contributed by atoms with Crippen LogP contribution in [0, 0.1) is 5.92 Å². The molecule has 0 unspecified atom stereocenters. The van der Waals surface area contributed by atoms with Crippen molar-refractivity contribution in [1.82, 2.24) is 10.2 Å². The molecule has 1 aliphatic heterocycles. The molecule has 0 aromatic carbocycles. The Morgan fingerprint density at radius 2 is 2.00 bits per heavy atom. The van der Waals surface area contributed by atoms with Gasteiger partial charge in [0, 0.05) is 32.7 Å². The number of hydrogen-bond acceptors (Lipinski definition) is 4. The van der Waals surface area contributed by atoms with Crippen molar-refractivity contribution in [3.63, 3.8) is 0 Å². The second kappa shape index (κ2) is 8.74. The SMILES string of the molecule is COC(=O)CCCCNC(=O)N1CCC(CO)CC1. The van der Waals surface area contributed by atoms with Gasteiger partial charge in [0.15, 0.2) is 0 Å². The topological polar surface area (TPSA) is 78.9 Å². The monoisotopic (exact) mass is 272 g/mol. The predicted molar refractivity (Wildman–Crippen MR) is 70.6 cm³/mol. The summed E-state index contributed by atoms with van der Waals surface area (Å²) in [5, 5.41) is 11.9. The predicted octanol–water partition coefficient (Wildman–Crippen LogP) is 0.744. The summed E-state index contributed by atoms with van der Waals surface area (Å²) in [6.07, 6.45) is 3.63. The van der Waals surface area contributed by atoms with Crippen LogP contribution in [0.1, 0.15) is 32.1 Å².